The number of aryl methyl sites for hydroxylation is 2. The van der Waals surface area contributed by atoms with Crippen molar-refractivity contribution in [2.24, 2.45) is 5.92 Å². The molecular formula is C18H20BrCl. The van der Waals surface area contributed by atoms with Crippen molar-refractivity contribution in [3.05, 3.63) is 69.7 Å². The molecule has 0 N–H and O–H groups in total. The minimum Gasteiger partial charge on any atom is -0.0925 e. The van der Waals surface area contributed by atoms with E-state index in [0.717, 1.165) is 23.2 Å². The van der Waals surface area contributed by atoms with Crippen LogP contribution in [-0.2, 0) is 12.8 Å². The number of benzene rings is 2. The Bertz CT molecular complexity index is 577. The molecule has 2 aromatic carbocycles. The predicted octanol–water partition coefficient (Wildman–Crippen LogP) is 5.75. The van der Waals surface area contributed by atoms with Gasteiger partial charge in [-0.05, 0) is 61.4 Å². The summed E-state index contributed by atoms with van der Waals surface area (Å²) in [6.07, 6.45) is 2.16. The van der Waals surface area contributed by atoms with Gasteiger partial charge in [0.1, 0.15) is 0 Å². The molecule has 0 aliphatic carbocycles. The lowest BCUT2D eigenvalue weighted by Gasteiger charge is -2.16. The first-order valence-electron chi connectivity index (χ1n) is 6.95. The van der Waals surface area contributed by atoms with Gasteiger partial charge in [0, 0.05) is 10.4 Å². The van der Waals surface area contributed by atoms with Gasteiger partial charge in [0.2, 0.25) is 0 Å². The Kier molecular flexibility index (Phi) is 5.68. The summed E-state index contributed by atoms with van der Waals surface area (Å²) in [5, 5.41) is 1.83. The highest BCUT2D eigenvalue weighted by Crippen LogP contribution is 2.21. The van der Waals surface area contributed by atoms with Crippen LogP contribution in [0.3, 0.4) is 0 Å². The first-order valence-corrected chi connectivity index (χ1v) is 8.45. The number of hydrogen-bond acceptors (Lipinski definition) is 0. The first kappa shape index (κ1) is 15.6. The minimum absolute atomic E-state index is 0.592. The van der Waals surface area contributed by atoms with Crippen LogP contribution in [0.25, 0.3) is 0 Å². The Hall–Kier alpha value is -0.790. The normalized spacial score (nSPS) is 12.4. The van der Waals surface area contributed by atoms with Crippen molar-refractivity contribution >= 4 is 27.5 Å². The lowest BCUT2D eigenvalue weighted by Crippen LogP contribution is -2.11. The van der Waals surface area contributed by atoms with E-state index in [0.29, 0.717) is 5.92 Å². The van der Waals surface area contributed by atoms with Crippen molar-refractivity contribution in [3.8, 4) is 0 Å². The standard InChI is InChI=1S/C18H20BrCl/c1-13-6-7-14(2)17(8-13)10-16(12-19)9-15-4-3-5-18(20)11-15/h3-8,11,16H,9-10,12H2,1-2H3. The Morgan fingerprint density at radius 3 is 2.55 bits per heavy atom. The van der Waals surface area contributed by atoms with Gasteiger partial charge in [0.15, 0.2) is 0 Å². The van der Waals surface area contributed by atoms with Crippen LogP contribution in [0.15, 0.2) is 42.5 Å². The number of hydrogen-bond donors (Lipinski definition) is 0. The molecule has 0 bridgehead atoms. The molecule has 0 saturated carbocycles. The maximum atomic E-state index is 6.07. The molecule has 2 heteroatoms. The Morgan fingerprint density at radius 2 is 1.85 bits per heavy atom. The molecule has 2 rings (SSSR count). The number of halogens is 2. The highest BCUT2D eigenvalue weighted by Gasteiger charge is 2.11. The third-order valence-electron chi connectivity index (χ3n) is 3.64. The Balaban J connectivity index is 2.11. The third kappa shape index (κ3) is 4.36. The quantitative estimate of drug-likeness (QED) is 0.601. The molecule has 0 spiro atoms. The monoisotopic (exact) mass is 350 g/mol. The zero-order valence-corrected chi connectivity index (χ0v) is 14.3. The van der Waals surface area contributed by atoms with E-state index in [4.69, 9.17) is 11.6 Å². The van der Waals surface area contributed by atoms with Gasteiger partial charge in [0.25, 0.3) is 0 Å². The largest absolute Gasteiger partial charge is 0.0925 e. The molecule has 2 aromatic rings. The fourth-order valence-electron chi connectivity index (χ4n) is 2.51. The van der Waals surface area contributed by atoms with Crippen LogP contribution in [0, 0.1) is 19.8 Å². The number of rotatable bonds is 5. The molecule has 0 fully saturated rings. The highest BCUT2D eigenvalue weighted by molar-refractivity contribution is 9.09. The van der Waals surface area contributed by atoms with Crippen molar-refractivity contribution in [1.29, 1.82) is 0 Å². The lowest BCUT2D eigenvalue weighted by atomic mass is 9.91. The van der Waals surface area contributed by atoms with E-state index in [1.807, 2.05) is 12.1 Å². The zero-order valence-electron chi connectivity index (χ0n) is 12.0. The molecule has 0 heterocycles. The SMILES string of the molecule is Cc1ccc(C)c(CC(CBr)Cc2cccc(Cl)c2)c1. The summed E-state index contributed by atoms with van der Waals surface area (Å²) in [6.45, 7) is 4.35. The van der Waals surface area contributed by atoms with Gasteiger partial charge in [-0.1, -0.05) is 63.4 Å². The van der Waals surface area contributed by atoms with Crippen LogP contribution >= 0.6 is 27.5 Å². The summed E-state index contributed by atoms with van der Waals surface area (Å²) >= 11 is 9.73. The van der Waals surface area contributed by atoms with Crippen LogP contribution in [0.4, 0.5) is 0 Å². The minimum atomic E-state index is 0.592. The van der Waals surface area contributed by atoms with Gasteiger partial charge in [-0.25, -0.2) is 0 Å². The van der Waals surface area contributed by atoms with Crippen molar-refractivity contribution < 1.29 is 0 Å². The van der Waals surface area contributed by atoms with E-state index < -0.39 is 0 Å². The first-order chi connectivity index (χ1) is 9.58. The van der Waals surface area contributed by atoms with Gasteiger partial charge in [-0.2, -0.15) is 0 Å². The molecule has 0 nitrogen and oxygen atoms in total. The third-order valence-corrected chi connectivity index (χ3v) is 4.80. The molecule has 106 valence electrons. The molecule has 0 amide bonds. The summed E-state index contributed by atoms with van der Waals surface area (Å²) in [4.78, 5) is 0. The fourth-order valence-corrected chi connectivity index (χ4v) is 3.18. The van der Waals surface area contributed by atoms with E-state index in [1.54, 1.807) is 0 Å². The molecule has 1 atom stereocenters. The van der Waals surface area contributed by atoms with Gasteiger partial charge in [-0.15, -0.1) is 0 Å². The van der Waals surface area contributed by atoms with E-state index in [1.165, 1.54) is 22.3 Å². The van der Waals surface area contributed by atoms with Crippen LogP contribution in [0.2, 0.25) is 5.02 Å². The second-order valence-electron chi connectivity index (χ2n) is 5.49. The zero-order chi connectivity index (χ0) is 14.5. The van der Waals surface area contributed by atoms with Gasteiger partial charge in [-0.3, -0.25) is 0 Å². The Labute approximate surface area is 135 Å². The van der Waals surface area contributed by atoms with Crippen molar-refractivity contribution in [3.63, 3.8) is 0 Å². The van der Waals surface area contributed by atoms with Crippen LogP contribution < -0.4 is 0 Å². The van der Waals surface area contributed by atoms with Crippen molar-refractivity contribution in [2.45, 2.75) is 26.7 Å². The molecule has 0 aromatic heterocycles. The molecular weight excluding hydrogens is 332 g/mol. The second-order valence-corrected chi connectivity index (χ2v) is 6.57. The maximum Gasteiger partial charge on any atom is 0.0408 e. The maximum absolute atomic E-state index is 6.07. The van der Waals surface area contributed by atoms with E-state index in [-0.39, 0.29) is 0 Å². The molecule has 0 aliphatic rings. The van der Waals surface area contributed by atoms with Gasteiger partial charge >= 0.3 is 0 Å². The molecule has 20 heavy (non-hydrogen) atoms. The summed E-state index contributed by atoms with van der Waals surface area (Å²) < 4.78 is 0. The van der Waals surface area contributed by atoms with Crippen molar-refractivity contribution in [2.75, 3.05) is 5.33 Å². The van der Waals surface area contributed by atoms with Crippen LogP contribution in [-0.4, -0.2) is 5.33 Å². The average molecular weight is 352 g/mol. The van der Waals surface area contributed by atoms with Crippen LogP contribution in [0.1, 0.15) is 22.3 Å². The van der Waals surface area contributed by atoms with Gasteiger partial charge < -0.3 is 0 Å². The summed E-state index contributed by atoms with van der Waals surface area (Å²) in [7, 11) is 0. The predicted molar refractivity (Wildman–Crippen MR) is 92.1 cm³/mol. The molecule has 0 radical (unpaired) electrons. The molecule has 0 aliphatic heterocycles. The summed E-state index contributed by atoms with van der Waals surface area (Å²) in [6, 6.07) is 14.9. The average Bonchev–Trinajstić information content (AvgIpc) is 2.42. The topological polar surface area (TPSA) is 0 Å². The van der Waals surface area contributed by atoms with E-state index in [2.05, 4.69) is 60.1 Å². The molecule has 1 unspecified atom stereocenters. The Morgan fingerprint density at radius 1 is 1.05 bits per heavy atom. The lowest BCUT2D eigenvalue weighted by molar-refractivity contribution is 0.589. The summed E-state index contributed by atoms with van der Waals surface area (Å²) in [5.74, 6) is 0.592. The molecule has 0 saturated heterocycles. The smallest absolute Gasteiger partial charge is 0.0408 e. The van der Waals surface area contributed by atoms with Crippen LogP contribution in [0.5, 0.6) is 0 Å². The fraction of sp³-hybridized carbons (Fsp3) is 0.333. The van der Waals surface area contributed by atoms with Gasteiger partial charge in [0.05, 0.1) is 0 Å². The highest BCUT2D eigenvalue weighted by atomic mass is 79.9. The van der Waals surface area contributed by atoms with E-state index >= 15 is 0 Å². The summed E-state index contributed by atoms with van der Waals surface area (Å²) in [5.41, 5.74) is 5.48. The van der Waals surface area contributed by atoms with E-state index in [9.17, 15) is 0 Å². The number of alkyl halides is 1. The van der Waals surface area contributed by atoms with Crippen molar-refractivity contribution in [1.82, 2.24) is 0 Å². The second kappa shape index (κ2) is 7.28.